The van der Waals surface area contributed by atoms with Crippen LogP contribution in [0.4, 0.5) is 5.69 Å². The van der Waals surface area contributed by atoms with E-state index in [1.165, 1.54) is 44.1 Å². The van der Waals surface area contributed by atoms with Crippen molar-refractivity contribution in [1.29, 1.82) is 0 Å². The summed E-state index contributed by atoms with van der Waals surface area (Å²) in [4.78, 5) is 2.48. The molecular formula is C15H21NO. The molecule has 2 heteroatoms. The third kappa shape index (κ3) is 2.01. The molecule has 1 aliphatic carbocycles. The van der Waals surface area contributed by atoms with Crippen molar-refractivity contribution < 1.29 is 5.11 Å². The van der Waals surface area contributed by atoms with E-state index >= 15 is 0 Å². The van der Waals surface area contributed by atoms with Crippen LogP contribution in [0, 0.1) is 0 Å². The minimum Gasteiger partial charge on any atom is -0.506 e. The highest BCUT2D eigenvalue weighted by Crippen LogP contribution is 2.39. The van der Waals surface area contributed by atoms with Gasteiger partial charge in [0.1, 0.15) is 5.75 Å². The molecule has 1 heterocycles. The SMILES string of the molecule is Oc1cccc2c1N(C1CCCCC1)CCC2. The van der Waals surface area contributed by atoms with E-state index in [1.54, 1.807) is 0 Å². The number of benzene rings is 1. The molecule has 1 fully saturated rings. The standard InChI is InChI=1S/C15H21NO/c17-14-10-4-6-12-7-5-11-16(15(12)14)13-8-2-1-3-9-13/h4,6,10,13,17H,1-3,5,7-9,11H2. The van der Waals surface area contributed by atoms with Crippen molar-refractivity contribution in [2.75, 3.05) is 11.4 Å². The summed E-state index contributed by atoms with van der Waals surface area (Å²) in [6, 6.07) is 6.64. The molecule has 1 aliphatic heterocycles. The van der Waals surface area contributed by atoms with Gasteiger partial charge >= 0.3 is 0 Å². The van der Waals surface area contributed by atoms with Gasteiger partial charge in [0.25, 0.3) is 0 Å². The first-order valence-electron chi connectivity index (χ1n) is 6.94. The number of nitrogens with zero attached hydrogens (tertiary/aromatic N) is 1. The first-order chi connectivity index (χ1) is 8.36. The number of fused-ring (bicyclic) bond motifs is 1. The zero-order chi connectivity index (χ0) is 11.7. The summed E-state index contributed by atoms with van der Waals surface area (Å²) in [5.41, 5.74) is 2.47. The maximum Gasteiger partial charge on any atom is 0.139 e. The van der Waals surface area contributed by atoms with Gasteiger partial charge in [-0.3, -0.25) is 0 Å². The van der Waals surface area contributed by atoms with Crippen LogP contribution in [0.15, 0.2) is 18.2 Å². The number of phenols is 1. The Morgan fingerprint density at radius 1 is 1.06 bits per heavy atom. The third-order valence-corrected chi connectivity index (χ3v) is 4.25. The van der Waals surface area contributed by atoms with Gasteiger partial charge in [-0.05, 0) is 37.3 Å². The third-order valence-electron chi connectivity index (χ3n) is 4.25. The summed E-state index contributed by atoms with van der Waals surface area (Å²) in [7, 11) is 0. The highest BCUT2D eigenvalue weighted by atomic mass is 16.3. The normalized spacial score (nSPS) is 21.3. The van der Waals surface area contributed by atoms with Gasteiger partial charge in [-0.15, -0.1) is 0 Å². The maximum atomic E-state index is 10.1. The predicted octanol–water partition coefficient (Wildman–Crippen LogP) is 3.48. The molecule has 0 saturated heterocycles. The van der Waals surface area contributed by atoms with Crippen LogP contribution in [0.3, 0.4) is 0 Å². The molecule has 1 aromatic rings. The summed E-state index contributed by atoms with van der Waals surface area (Å²) in [6.45, 7) is 1.12. The number of aryl methyl sites for hydroxylation is 1. The Kier molecular flexibility index (Phi) is 2.96. The minimum atomic E-state index is 0.479. The van der Waals surface area contributed by atoms with Crippen LogP contribution in [-0.2, 0) is 6.42 Å². The van der Waals surface area contributed by atoms with E-state index < -0.39 is 0 Å². The molecule has 0 atom stereocenters. The molecule has 2 nitrogen and oxygen atoms in total. The molecule has 0 bridgehead atoms. The highest BCUT2D eigenvalue weighted by molar-refractivity contribution is 5.65. The number of aromatic hydroxyl groups is 1. The van der Waals surface area contributed by atoms with Gasteiger partial charge in [0.2, 0.25) is 0 Å². The topological polar surface area (TPSA) is 23.5 Å². The van der Waals surface area contributed by atoms with Crippen molar-refractivity contribution >= 4 is 5.69 Å². The van der Waals surface area contributed by atoms with Crippen molar-refractivity contribution in [3.63, 3.8) is 0 Å². The summed E-state index contributed by atoms with van der Waals surface area (Å²) in [5.74, 6) is 0.479. The van der Waals surface area contributed by atoms with Crippen molar-refractivity contribution in [3.8, 4) is 5.75 Å². The van der Waals surface area contributed by atoms with E-state index in [1.807, 2.05) is 12.1 Å². The number of phenolic OH excluding ortho intramolecular Hbond substituents is 1. The Hall–Kier alpha value is -1.18. The van der Waals surface area contributed by atoms with Gasteiger partial charge in [-0.1, -0.05) is 31.4 Å². The minimum absolute atomic E-state index is 0.479. The quantitative estimate of drug-likeness (QED) is 0.800. The smallest absolute Gasteiger partial charge is 0.139 e. The lowest BCUT2D eigenvalue weighted by Crippen LogP contribution is -2.40. The van der Waals surface area contributed by atoms with E-state index in [0.717, 1.165) is 18.7 Å². The number of para-hydroxylation sites is 1. The van der Waals surface area contributed by atoms with E-state index in [-0.39, 0.29) is 0 Å². The Morgan fingerprint density at radius 2 is 1.88 bits per heavy atom. The summed E-state index contributed by atoms with van der Waals surface area (Å²) >= 11 is 0. The van der Waals surface area contributed by atoms with Gasteiger partial charge in [0, 0.05) is 12.6 Å². The Balaban J connectivity index is 1.92. The van der Waals surface area contributed by atoms with E-state index in [0.29, 0.717) is 11.8 Å². The maximum absolute atomic E-state index is 10.1. The second-order valence-corrected chi connectivity index (χ2v) is 5.37. The van der Waals surface area contributed by atoms with Crippen molar-refractivity contribution in [2.45, 2.75) is 51.0 Å². The molecule has 0 aromatic heterocycles. The first kappa shape index (κ1) is 10.9. The molecule has 0 spiro atoms. The average Bonchev–Trinajstić information content (AvgIpc) is 2.39. The molecule has 1 aromatic carbocycles. The molecule has 1 N–H and O–H groups in total. The van der Waals surface area contributed by atoms with Crippen LogP contribution in [0.25, 0.3) is 0 Å². The van der Waals surface area contributed by atoms with Crippen molar-refractivity contribution in [2.24, 2.45) is 0 Å². The van der Waals surface area contributed by atoms with Gasteiger partial charge in [-0.2, -0.15) is 0 Å². The summed E-state index contributed by atoms with van der Waals surface area (Å²) in [5, 5.41) is 10.1. The van der Waals surface area contributed by atoms with Gasteiger partial charge in [0.15, 0.2) is 0 Å². The molecule has 1 saturated carbocycles. The van der Waals surface area contributed by atoms with Crippen LogP contribution in [0.2, 0.25) is 0 Å². The summed E-state index contributed by atoms with van der Waals surface area (Å²) in [6.07, 6.45) is 9.04. The lowest BCUT2D eigenvalue weighted by Gasteiger charge is -2.40. The fourth-order valence-corrected chi connectivity index (χ4v) is 3.42. The molecule has 0 radical (unpaired) electrons. The predicted molar refractivity (Wildman–Crippen MR) is 70.6 cm³/mol. The van der Waals surface area contributed by atoms with Gasteiger partial charge in [0.05, 0.1) is 5.69 Å². The molecule has 0 amide bonds. The van der Waals surface area contributed by atoms with Crippen molar-refractivity contribution in [3.05, 3.63) is 23.8 Å². The number of hydrogen-bond acceptors (Lipinski definition) is 2. The Morgan fingerprint density at radius 3 is 2.71 bits per heavy atom. The van der Waals surface area contributed by atoms with Gasteiger partial charge in [-0.25, -0.2) is 0 Å². The fourth-order valence-electron chi connectivity index (χ4n) is 3.42. The monoisotopic (exact) mass is 231 g/mol. The Bertz CT molecular complexity index is 396. The summed E-state index contributed by atoms with van der Waals surface area (Å²) < 4.78 is 0. The van der Waals surface area contributed by atoms with Crippen LogP contribution < -0.4 is 4.90 Å². The average molecular weight is 231 g/mol. The molecular weight excluding hydrogens is 210 g/mol. The lowest BCUT2D eigenvalue weighted by atomic mass is 9.91. The molecule has 92 valence electrons. The second-order valence-electron chi connectivity index (χ2n) is 5.37. The first-order valence-corrected chi connectivity index (χ1v) is 6.94. The van der Waals surface area contributed by atoms with Crippen LogP contribution in [-0.4, -0.2) is 17.7 Å². The largest absolute Gasteiger partial charge is 0.506 e. The second kappa shape index (κ2) is 4.59. The van der Waals surface area contributed by atoms with E-state index in [2.05, 4.69) is 11.0 Å². The van der Waals surface area contributed by atoms with E-state index in [4.69, 9.17) is 0 Å². The lowest BCUT2D eigenvalue weighted by molar-refractivity contribution is 0.399. The Labute approximate surface area is 103 Å². The molecule has 2 aliphatic rings. The van der Waals surface area contributed by atoms with Crippen molar-refractivity contribution in [1.82, 2.24) is 0 Å². The number of anilines is 1. The number of hydrogen-bond donors (Lipinski definition) is 1. The number of rotatable bonds is 1. The highest BCUT2D eigenvalue weighted by Gasteiger charge is 2.27. The molecule has 3 rings (SSSR count). The molecule has 0 unspecified atom stereocenters. The zero-order valence-electron chi connectivity index (χ0n) is 10.4. The zero-order valence-corrected chi connectivity index (χ0v) is 10.4. The molecule has 17 heavy (non-hydrogen) atoms. The van der Waals surface area contributed by atoms with Crippen LogP contribution in [0.1, 0.15) is 44.1 Å². The van der Waals surface area contributed by atoms with Crippen LogP contribution in [0.5, 0.6) is 5.75 Å². The van der Waals surface area contributed by atoms with Gasteiger partial charge < -0.3 is 10.0 Å². The van der Waals surface area contributed by atoms with Crippen LogP contribution >= 0.6 is 0 Å². The fraction of sp³-hybridized carbons (Fsp3) is 0.600. The van der Waals surface area contributed by atoms with E-state index in [9.17, 15) is 5.11 Å².